The highest BCUT2D eigenvalue weighted by Gasteiger charge is 2.25. The Hall–Kier alpha value is -1.91. The summed E-state index contributed by atoms with van der Waals surface area (Å²) in [5.41, 5.74) is 0.903. The van der Waals surface area contributed by atoms with Crippen molar-refractivity contribution in [2.45, 2.75) is 19.6 Å². The van der Waals surface area contributed by atoms with E-state index in [1.54, 1.807) is 25.1 Å². The molecule has 0 saturated heterocycles. The summed E-state index contributed by atoms with van der Waals surface area (Å²) in [5, 5.41) is 17.7. The Morgan fingerprint density at radius 3 is 2.67 bits per heavy atom. The summed E-state index contributed by atoms with van der Waals surface area (Å²) in [4.78, 5) is 10.9. The quantitative estimate of drug-likeness (QED) is 0.821. The monoisotopic (exact) mass is 310 g/mol. The van der Waals surface area contributed by atoms with Gasteiger partial charge in [0.1, 0.15) is 0 Å². The summed E-state index contributed by atoms with van der Waals surface area (Å²) < 4.78 is 25.8. The topological polar surface area (TPSA) is 98.5 Å². The first kappa shape index (κ1) is 17.1. The molecule has 0 saturated carbocycles. The van der Waals surface area contributed by atoms with E-state index in [2.05, 4.69) is 0 Å². The smallest absolute Gasteiger partial charge is 0.307 e. The molecule has 0 spiro atoms. The Morgan fingerprint density at radius 2 is 2.14 bits per heavy atom. The van der Waals surface area contributed by atoms with Crippen molar-refractivity contribution >= 4 is 16.0 Å². The van der Waals surface area contributed by atoms with Gasteiger partial charge in [0, 0.05) is 13.1 Å². The largest absolute Gasteiger partial charge is 0.481 e. The zero-order valence-corrected chi connectivity index (χ0v) is 12.8. The zero-order chi connectivity index (χ0) is 16.0. The summed E-state index contributed by atoms with van der Waals surface area (Å²) in [7, 11) is -3.62. The second kappa shape index (κ2) is 7.20. The van der Waals surface area contributed by atoms with Crippen LogP contribution in [0.25, 0.3) is 0 Å². The first-order valence-corrected chi connectivity index (χ1v) is 8.10. The van der Waals surface area contributed by atoms with Crippen LogP contribution in [0, 0.1) is 17.2 Å². The molecule has 0 fully saturated rings. The van der Waals surface area contributed by atoms with E-state index in [-0.39, 0.29) is 18.8 Å². The molecule has 0 amide bonds. The summed E-state index contributed by atoms with van der Waals surface area (Å²) >= 11 is 0. The van der Waals surface area contributed by atoms with Crippen molar-refractivity contribution in [1.29, 1.82) is 5.26 Å². The van der Waals surface area contributed by atoms with Crippen molar-refractivity contribution in [3.05, 3.63) is 35.4 Å². The minimum atomic E-state index is -3.62. The fraction of sp³-hybridized carbons (Fsp3) is 0.429. The fourth-order valence-corrected chi connectivity index (χ4v) is 3.48. The van der Waals surface area contributed by atoms with E-state index in [1.807, 2.05) is 6.07 Å². The van der Waals surface area contributed by atoms with Crippen LogP contribution in [0.5, 0.6) is 0 Å². The molecule has 1 unspecified atom stereocenters. The summed E-state index contributed by atoms with van der Waals surface area (Å²) in [6, 6.07) is 8.33. The summed E-state index contributed by atoms with van der Waals surface area (Å²) in [6.45, 7) is 3.28. The number of benzene rings is 1. The number of nitriles is 1. The third kappa shape index (κ3) is 4.85. The van der Waals surface area contributed by atoms with Gasteiger partial charge in [-0.2, -0.15) is 5.26 Å². The lowest BCUT2D eigenvalue weighted by molar-refractivity contribution is -0.141. The standard InChI is InChI=1S/C14H18N2O4S/c1-3-16(9-11(2)14(17)18)21(19,20)10-13-6-4-5-12(7-13)8-15/h4-7,11H,3,9-10H2,1-2H3,(H,17,18). The molecule has 0 aliphatic rings. The van der Waals surface area contributed by atoms with Crippen LogP contribution < -0.4 is 0 Å². The van der Waals surface area contributed by atoms with E-state index in [1.165, 1.54) is 13.0 Å². The molecule has 0 radical (unpaired) electrons. The third-order valence-corrected chi connectivity index (χ3v) is 4.94. The molecule has 21 heavy (non-hydrogen) atoms. The number of carboxylic acid groups (broad SMARTS) is 1. The van der Waals surface area contributed by atoms with E-state index in [4.69, 9.17) is 10.4 Å². The lowest BCUT2D eigenvalue weighted by Gasteiger charge is -2.22. The van der Waals surface area contributed by atoms with Gasteiger partial charge < -0.3 is 5.11 Å². The Morgan fingerprint density at radius 1 is 1.48 bits per heavy atom. The average Bonchev–Trinajstić information content (AvgIpc) is 2.43. The number of sulfonamides is 1. The molecule has 0 aromatic heterocycles. The van der Waals surface area contributed by atoms with E-state index >= 15 is 0 Å². The van der Waals surface area contributed by atoms with Crippen LogP contribution >= 0.6 is 0 Å². The van der Waals surface area contributed by atoms with Crippen molar-refractivity contribution < 1.29 is 18.3 Å². The highest BCUT2D eigenvalue weighted by atomic mass is 32.2. The Labute approximate surface area is 124 Å². The molecular formula is C14H18N2O4S. The van der Waals surface area contributed by atoms with Crippen LogP contribution in [0.4, 0.5) is 0 Å². The van der Waals surface area contributed by atoms with E-state index in [0.717, 1.165) is 4.31 Å². The highest BCUT2D eigenvalue weighted by Crippen LogP contribution is 2.14. The first-order chi connectivity index (χ1) is 9.80. The van der Waals surface area contributed by atoms with Crippen LogP contribution in [0.3, 0.4) is 0 Å². The molecule has 1 aromatic carbocycles. The zero-order valence-electron chi connectivity index (χ0n) is 12.0. The van der Waals surface area contributed by atoms with Crippen molar-refractivity contribution in [3.8, 4) is 6.07 Å². The molecule has 1 N–H and O–H groups in total. The molecule has 0 bridgehead atoms. The van der Waals surface area contributed by atoms with E-state index < -0.39 is 21.9 Å². The fourth-order valence-electron chi connectivity index (χ4n) is 1.86. The Balaban J connectivity index is 2.92. The van der Waals surface area contributed by atoms with Crippen molar-refractivity contribution in [3.63, 3.8) is 0 Å². The number of nitrogens with zero attached hydrogens (tertiary/aromatic N) is 2. The van der Waals surface area contributed by atoms with Gasteiger partial charge in [-0.05, 0) is 17.7 Å². The maximum absolute atomic E-state index is 12.3. The number of rotatable bonds is 7. The van der Waals surface area contributed by atoms with Gasteiger partial charge in [0.05, 0.1) is 23.3 Å². The number of hydrogen-bond donors (Lipinski definition) is 1. The minimum absolute atomic E-state index is 0.0634. The Kier molecular flexibility index (Phi) is 5.88. The van der Waals surface area contributed by atoms with Crippen LogP contribution in [-0.2, 0) is 20.6 Å². The maximum atomic E-state index is 12.3. The normalized spacial score (nSPS) is 12.9. The van der Waals surface area contributed by atoms with E-state index in [0.29, 0.717) is 11.1 Å². The van der Waals surface area contributed by atoms with Crippen LogP contribution in [0.2, 0.25) is 0 Å². The molecule has 1 rings (SSSR count). The van der Waals surface area contributed by atoms with Crippen LogP contribution in [-0.4, -0.2) is 36.9 Å². The van der Waals surface area contributed by atoms with Gasteiger partial charge in [0.25, 0.3) is 0 Å². The highest BCUT2D eigenvalue weighted by molar-refractivity contribution is 7.88. The molecule has 0 aliphatic carbocycles. The average molecular weight is 310 g/mol. The predicted octanol–water partition coefficient (Wildman–Crippen LogP) is 1.43. The van der Waals surface area contributed by atoms with Crippen LogP contribution in [0.15, 0.2) is 24.3 Å². The number of aliphatic carboxylic acids is 1. The van der Waals surface area contributed by atoms with Crippen molar-refractivity contribution in [1.82, 2.24) is 4.31 Å². The number of carboxylic acids is 1. The maximum Gasteiger partial charge on any atom is 0.307 e. The van der Waals surface area contributed by atoms with Gasteiger partial charge in [0.2, 0.25) is 10.0 Å². The SMILES string of the molecule is CCN(CC(C)C(=O)O)S(=O)(=O)Cc1cccc(C#N)c1. The molecule has 6 nitrogen and oxygen atoms in total. The summed E-state index contributed by atoms with van der Waals surface area (Å²) in [5.74, 6) is -2.05. The number of hydrogen-bond acceptors (Lipinski definition) is 4. The van der Waals surface area contributed by atoms with Crippen molar-refractivity contribution in [2.75, 3.05) is 13.1 Å². The second-order valence-electron chi connectivity index (χ2n) is 4.76. The third-order valence-electron chi connectivity index (χ3n) is 3.05. The molecule has 1 atom stereocenters. The predicted molar refractivity (Wildman–Crippen MR) is 77.8 cm³/mol. The van der Waals surface area contributed by atoms with Gasteiger partial charge in [-0.1, -0.05) is 26.0 Å². The molecule has 7 heteroatoms. The summed E-state index contributed by atoms with van der Waals surface area (Å²) in [6.07, 6.45) is 0. The van der Waals surface area contributed by atoms with Gasteiger partial charge in [-0.15, -0.1) is 0 Å². The van der Waals surface area contributed by atoms with Gasteiger partial charge in [-0.25, -0.2) is 12.7 Å². The van der Waals surface area contributed by atoms with Gasteiger partial charge >= 0.3 is 5.97 Å². The molecule has 1 aromatic rings. The first-order valence-electron chi connectivity index (χ1n) is 6.49. The van der Waals surface area contributed by atoms with Crippen LogP contribution in [0.1, 0.15) is 25.0 Å². The Bertz CT molecular complexity index is 649. The molecular weight excluding hydrogens is 292 g/mol. The lowest BCUT2D eigenvalue weighted by atomic mass is 10.2. The molecule has 0 heterocycles. The van der Waals surface area contributed by atoms with Crippen molar-refractivity contribution in [2.24, 2.45) is 5.92 Å². The molecule has 114 valence electrons. The lowest BCUT2D eigenvalue weighted by Crippen LogP contribution is -2.37. The molecule has 0 aliphatic heterocycles. The number of carbonyl (C=O) groups is 1. The second-order valence-corrected chi connectivity index (χ2v) is 6.73. The minimum Gasteiger partial charge on any atom is -0.481 e. The van der Waals surface area contributed by atoms with Gasteiger partial charge in [-0.3, -0.25) is 4.79 Å². The van der Waals surface area contributed by atoms with Gasteiger partial charge in [0.15, 0.2) is 0 Å². The van der Waals surface area contributed by atoms with E-state index in [9.17, 15) is 13.2 Å².